The number of nitrogens with zero attached hydrogens (tertiary/aromatic N) is 2. The van der Waals surface area contributed by atoms with Crippen molar-refractivity contribution in [1.29, 1.82) is 0 Å². The number of fused-ring (bicyclic) bond motifs is 4. The molecule has 3 fully saturated rings. The van der Waals surface area contributed by atoms with Crippen LogP contribution in [0.5, 0.6) is 5.75 Å². The average Bonchev–Trinajstić information content (AvgIpc) is 2.95. The summed E-state index contributed by atoms with van der Waals surface area (Å²) >= 11 is 0. The van der Waals surface area contributed by atoms with Crippen molar-refractivity contribution in [3.05, 3.63) is 17.9 Å². The van der Waals surface area contributed by atoms with Crippen LogP contribution in [-0.4, -0.2) is 42.3 Å². The fourth-order valence-corrected chi connectivity index (χ4v) is 3.64. The summed E-state index contributed by atoms with van der Waals surface area (Å²) in [4.78, 5) is 2.48. The Kier molecular flexibility index (Phi) is 3.41. The number of aromatic nitrogens is 1. The van der Waals surface area contributed by atoms with Crippen molar-refractivity contribution in [2.24, 2.45) is 5.92 Å². The molecule has 3 saturated heterocycles. The quantitative estimate of drug-likeness (QED) is 0.941. The van der Waals surface area contributed by atoms with Gasteiger partial charge in [-0.25, -0.2) is 4.39 Å². The van der Waals surface area contributed by atoms with Crippen LogP contribution < -0.4 is 10.1 Å². The Hall–Kier alpha value is -1.82. The third-order valence-electron chi connectivity index (χ3n) is 4.81. The second-order valence-electron chi connectivity index (χ2n) is 6.11. The molecule has 1 N–H and O–H groups in total. The lowest BCUT2D eigenvalue weighted by Gasteiger charge is -2.44. The molecule has 2 bridgehead atoms. The number of nitrogens with one attached hydrogen (secondary N) is 1. The fourth-order valence-electron chi connectivity index (χ4n) is 3.64. The molecular weight excluding hydrogens is 285 g/mol. The maximum atomic E-state index is 13.9. The lowest BCUT2D eigenvalue weighted by molar-refractivity contribution is 0.0973. The van der Waals surface area contributed by atoms with Crippen molar-refractivity contribution in [3.63, 3.8) is 0 Å². The lowest BCUT2D eigenvalue weighted by Crippen LogP contribution is -2.53. The molecule has 0 aliphatic carbocycles. The summed E-state index contributed by atoms with van der Waals surface area (Å²) in [5.74, 6) is 1.10. The second kappa shape index (κ2) is 5.43. The number of ether oxygens (including phenoxy) is 1. The van der Waals surface area contributed by atoms with Crippen LogP contribution in [0.3, 0.4) is 0 Å². The predicted molar refractivity (Wildman–Crippen MR) is 81.7 cm³/mol. The molecule has 1 aromatic heterocycles. The highest BCUT2D eigenvalue weighted by Gasteiger charge is 2.34. The van der Waals surface area contributed by atoms with Crippen LogP contribution in [0.25, 0.3) is 11.0 Å². The number of hydrogen-bond donors (Lipinski definition) is 1. The molecule has 4 heterocycles. The fraction of sp³-hybridized carbons (Fsp3) is 0.562. The Bertz CT molecular complexity index is 679. The molecule has 3 aliphatic heterocycles. The highest BCUT2D eigenvalue weighted by atomic mass is 19.1. The molecule has 0 saturated carbocycles. The number of benzene rings is 1. The zero-order valence-electron chi connectivity index (χ0n) is 12.6. The minimum Gasteiger partial charge on any atom is -0.487 e. The van der Waals surface area contributed by atoms with E-state index in [0.29, 0.717) is 30.0 Å². The van der Waals surface area contributed by atoms with Crippen LogP contribution in [0.15, 0.2) is 16.7 Å². The standard InChI is InChI=1S/C16H20FN3O2/c1-2-21-15-12(17)4-3-11-14(15)22-19-16(11)18-13-9-20-7-5-10(13)6-8-20/h3-4,10,13H,2,5-9H2,1H3,(H,18,19)/t13-/m0/s1. The zero-order chi connectivity index (χ0) is 15.1. The summed E-state index contributed by atoms with van der Waals surface area (Å²) in [6.45, 7) is 5.64. The second-order valence-corrected chi connectivity index (χ2v) is 6.11. The Morgan fingerprint density at radius 3 is 2.91 bits per heavy atom. The molecule has 3 aliphatic rings. The topological polar surface area (TPSA) is 50.5 Å². The summed E-state index contributed by atoms with van der Waals surface area (Å²) in [5, 5.41) is 8.38. The lowest BCUT2D eigenvalue weighted by atomic mass is 9.84. The van der Waals surface area contributed by atoms with Crippen molar-refractivity contribution in [2.45, 2.75) is 25.8 Å². The molecular formula is C16H20FN3O2. The Morgan fingerprint density at radius 1 is 1.41 bits per heavy atom. The molecule has 5 rings (SSSR count). The maximum Gasteiger partial charge on any atom is 0.213 e. The van der Waals surface area contributed by atoms with E-state index in [1.165, 1.54) is 32.0 Å². The minimum atomic E-state index is -0.417. The van der Waals surface area contributed by atoms with Gasteiger partial charge in [0.2, 0.25) is 11.3 Å². The first-order valence-corrected chi connectivity index (χ1v) is 7.96. The molecule has 6 heteroatoms. The van der Waals surface area contributed by atoms with Gasteiger partial charge in [-0.05, 0) is 50.9 Å². The van der Waals surface area contributed by atoms with E-state index in [0.717, 1.165) is 11.9 Å². The number of rotatable bonds is 4. The Labute approximate surface area is 128 Å². The molecule has 0 amide bonds. The third-order valence-corrected chi connectivity index (χ3v) is 4.81. The van der Waals surface area contributed by atoms with Gasteiger partial charge in [-0.2, -0.15) is 0 Å². The van der Waals surface area contributed by atoms with Gasteiger partial charge in [-0.15, -0.1) is 0 Å². The normalized spacial score (nSPS) is 27.3. The van der Waals surface area contributed by atoms with E-state index in [1.807, 2.05) is 6.92 Å². The number of piperidine rings is 3. The molecule has 5 nitrogen and oxygen atoms in total. The van der Waals surface area contributed by atoms with Gasteiger partial charge in [0.1, 0.15) is 0 Å². The number of anilines is 1. The average molecular weight is 305 g/mol. The largest absolute Gasteiger partial charge is 0.487 e. The van der Waals surface area contributed by atoms with Crippen LogP contribution in [0.1, 0.15) is 19.8 Å². The molecule has 0 radical (unpaired) electrons. The molecule has 1 atom stereocenters. The van der Waals surface area contributed by atoms with Crippen molar-refractivity contribution >= 4 is 16.8 Å². The van der Waals surface area contributed by atoms with E-state index in [-0.39, 0.29) is 5.75 Å². The summed E-state index contributed by atoms with van der Waals surface area (Å²) in [6.07, 6.45) is 2.46. The van der Waals surface area contributed by atoms with Crippen LogP contribution in [0.2, 0.25) is 0 Å². The molecule has 22 heavy (non-hydrogen) atoms. The summed E-state index contributed by atoms with van der Waals surface area (Å²) in [7, 11) is 0. The van der Waals surface area contributed by atoms with Crippen LogP contribution in [0.4, 0.5) is 10.2 Å². The van der Waals surface area contributed by atoms with E-state index >= 15 is 0 Å². The number of hydrogen-bond acceptors (Lipinski definition) is 5. The highest BCUT2D eigenvalue weighted by molar-refractivity contribution is 5.92. The van der Waals surface area contributed by atoms with Crippen molar-refractivity contribution in [1.82, 2.24) is 10.1 Å². The number of halogens is 1. The van der Waals surface area contributed by atoms with E-state index in [4.69, 9.17) is 9.26 Å². The van der Waals surface area contributed by atoms with Gasteiger partial charge < -0.3 is 19.5 Å². The van der Waals surface area contributed by atoms with E-state index < -0.39 is 5.82 Å². The highest BCUT2D eigenvalue weighted by Crippen LogP contribution is 2.35. The Morgan fingerprint density at radius 2 is 2.23 bits per heavy atom. The van der Waals surface area contributed by atoms with Crippen LogP contribution in [-0.2, 0) is 0 Å². The van der Waals surface area contributed by atoms with Gasteiger partial charge >= 0.3 is 0 Å². The van der Waals surface area contributed by atoms with Crippen molar-refractivity contribution in [3.8, 4) is 5.75 Å². The van der Waals surface area contributed by atoms with Crippen molar-refractivity contribution < 1.29 is 13.7 Å². The monoisotopic (exact) mass is 305 g/mol. The minimum absolute atomic E-state index is 0.148. The molecule has 0 spiro atoms. The molecule has 0 unspecified atom stereocenters. The van der Waals surface area contributed by atoms with Gasteiger partial charge in [0.05, 0.1) is 12.0 Å². The molecule has 118 valence electrons. The van der Waals surface area contributed by atoms with Gasteiger partial charge in [0.15, 0.2) is 11.6 Å². The van der Waals surface area contributed by atoms with Gasteiger partial charge in [-0.1, -0.05) is 5.16 Å². The summed E-state index contributed by atoms with van der Waals surface area (Å²) < 4.78 is 24.6. The predicted octanol–water partition coefficient (Wildman–Crippen LogP) is 2.87. The summed E-state index contributed by atoms with van der Waals surface area (Å²) in [6, 6.07) is 3.50. The van der Waals surface area contributed by atoms with Crippen LogP contribution >= 0.6 is 0 Å². The van der Waals surface area contributed by atoms with Crippen LogP contribution in [0, 0.1) is 11.7 Å². The SMILES string of the molecule is CCOc1c(F)ccc2c(N[C@H]3CN4CCC3CC4)noc12. The van der Waals surface area contributed by atoms with E-state index in [1.54, 1.807) is 6.07 Å². The summed E-state index contributed by atoms with van der Waals surface area (Å²) in [5.41, 5.74) is 0.380. The first kappa shape index (κ1) is 13.8. The van der Waals surface area contributed by atoms with E-state index in [9.17, 15) is 4.39 Å². The molecule has 2 aromatic rings. The van der Waals surface area contributed by atoms with Gasteiger partial charge in [-0.3, -0.25) is 0 Å². The zero-order valence-corrected chi connectivity index (χ0v) is 12.6. The van der Waals surface area contributed by atoms with E-state index in [2.05, 4.69) is 15.4 Å². The molecule has 1 aromatic carbocycles. The maximum absolute atomic E-state index is 13.9. The first-order valence-electron chi connectivity index (χ1n) is 7.96. The third kappa shape index (κ3) is 2.22. The van der Waals surface area contributed by atoms with Gasteiger partial charge in [0, 0.05) is 12.6 Å². The van der Waals surface area contributed by atoms with Crippen molar-refractivity contribution in [2.75, 3.05) is 31.6 Å². The smallest absolute Gasteiger partial charge is 0.213 e. The first-order chi connectivity index (χ1) is 10.8. The van der Waals surface area contributed by atoms with Gasteiger partial charge in [0.25, 0.3) is 0 Å². The Balaban J connectivity index is 1.64.